The molecule has 0 spiro atoms. The summed E-state index contributed by atoms with van der Waals surface area (Å²) in [5, 5.41) is 3.25. The van der Waals surface area contributed by atoms with Gasteiger partial charge in [0.15, 0.2) is 0 Å². The van der Waals surface area contributed by atoms with E-state index >= 15 is 0 Å². The van der Waals surface area contributed by atoms with Gasteiger partial charge in [0, 0.05) is 38.8 Å². The van der Waals surface area contributed by atoms with Crippen LogP contribution in [0.4, 0.5) is 0 Å². The van der Waals surface area contributed by atoms with Crippen molar-refractivity contribution in [3.8, 4) is 0 Å². The predicted molar refractivity (Wildman–Crippen MR) is 94.8 cm³/mol. The van der Waals surface area contributed by atoms with Crippen molar-refractivity contribution in [3.05, 3.63) is 17.0 Å². The van der Waals surface area contributed by atoms with Gasteiger partial charge in [0.05, 0.1) is 4.88 Å². The van der Waals surface area contributed by atoms with Crippen LogP contribution in [0.15, 0.2) is 16.3 Å². The number of rotatable bonds is 3. The number of carbonyl (C=O) groups excluding carboxylic acids is 1. The van der Waals surface area contributed by atoms with Crippen molar-refractivity contribution in [2.45, 2.75) is 36.9 Å². The van der Waals surface area contributed by atoms with E-state index in [1.807, 2.05) is 11.8 Å². The highest BCUT2D eigenvalue weighted by atomic mass is 32.2. The first-order valence-electron chi connectivity index (χ1n) is 8.51. The molecule has 0 unspecified atom stereocenters. The first kappa shape index (κ1) is 17.8. The monoisotopic (exact) mass is 371 g/mol. The molecule has 1 aromatic rings. The molecule has 6 nitrogen and oxygen atoms in total. The highest BCUT2D eigenvalue weighted by Crippen LogP contribution is 2.29. The van der Waals surface area contributed by atoms with Crippen LogP contribution in [0.2, 0.25) is 0 Å². The third-order valence-electron chi connectivity index (χ3n) is 4.89. The highest BCUT2D eigenvalue weighted by Gasteiger charge is 2.31. The van der Waals surface area contributed by atoms with Crippen LogP contribution in [0.25, 0.3) is 0 Å². The Bertz CT molecular complexity index is 693. The molecule has 0 radical (unpaired) electrons. The number of thiophene rings is 1. The van der Waals surface area contributed by atoms with E-state index in [0.29, 0.717) is 30.4 Å². The Balaban J connectivity index is 1.76. The van der Waals surface area contributed by atoms with Crippen molar-refractivity contribution in [3.63, 3.8) is 0 Å². The molecule has 8 heteroatoms. The summed E-state index contributed by atoms with van der Waals surface area (Å²) >= 11 is 1.10. The van der Waals surface area contributed by atoms with Crippen molar-refractivity contribution in [2.24, 2.45) is 5.92 Å². The van der Waals surface area contributed by atoms with Crippen molar-refractivity contribution in [1.82, 2.24) is 14.5 Å². The summed E-state index contributed by atoms with van der Waals surface area (Å²) in [6.07, 6.45) is 1.80. The summed E-state index contributed by atoms with van der Waals surface area (Å²) in [4.78, 5) is 15.0. The summed E-state index contributed by atoms with van der Waals surface area (Å²) in [7, 11) is -3.47. The third kappa shape index (κ3) is 3.51. The van der Waals surface area contributed by atoms with Crippen LogP contribution < -0.4 is 5.32 Å². The SMILES string of the molecule is CC1CCN(S(=O)(=O)c2ccc(C(=O)N3CCNC[C@@H]3C)s2)CC1. The molecule has 2 aliphatic rings. The van der Waals surface area contributed by atoms with Crippen LogP contribution in [0.1, 0.15) is 36.4 Å². The number of piperazine rings is 1. The topological polar surface area (TPSA) is 69.7 Å². The van der Waals surface area contributed by atoms with Crippen LogP contribution >= 0.6 is 11.3 Å². The lowest BCUT2D eigenvalue weighted by Gasteiger charge is -2.33. The molecular weight excluding hydrogens is 346 g/mol. The lowest BCUT2D eigenvalue weighted by molar-refractivity contribution is 0.0661. The van der Waals surface area contributed by atoms with Crippen LogP contribution in [0.3, 0.4) is 0 Å². The standard InChI is InChI=1S/C16H25N3O3S2/c1-12-5-8-18(9-6-12)24(21,22)15-4-3-14(23-15)16(20)19-10-7-17-11-13(19)2/h3-4,12-13,17H,5-11H2,1-2H3/t13-/m0/s1. The molecule has 1 atom stereocenters. The van der Waals surface area contributed by atoms with Gasteiger partial charge in [-0.25, -0.2) is 8.42 Å². The molecule has 1 aromatic heterocycles. The van der Waals surface area contributed by atoms with E-state index in [1.54, 1.807) is 16.4 Å². The van der Waals surface area contributed by atoms with Crippen molar-refractivity contribution in [1.29, 1.82) is 0 Å². The smallest absolute Gasteiger partial charge is 0.264 e. The quantitative estimate of drug-likeness (QED) is 0.876. The Hall–Kier alpha value is -0.960. The number of sulfonamides is 1. The number of carbonyl (C=O) groups is 1. The van der Waals surface area contributed by atoms with Gasteiger partial charge in [-0.05, 0) is 37.8 Å². The van der Waals surface area contributed by atoms with Gasteiger partial charge in [0.2, 0.25) is 0 Å². The molecule has 0 aromatic carbocycles. The van der Waals surface area contributed by atoms with Crippen LogP contribution in [-0.4, -0.2) is 62.3 Å². The van der Waals surface area contributed by atoms with Gasteiger partial charge >= 0.3 is 0 Å². The van der Waals surface area contributed by atoms with E-state index < -0.39 is 10.0 Å². The summed E-state index contributed by atoms with van der Waals surface area (Å²) in [6, 6.07) is 3.36. The molecule has 2 fully saturated rings. The molecule has 2 aliphatic heterocycles. The minimum atomic E-state index is -3.47. The van der Waals surface area contributed by atoms with Gasteiger partial charge in [-0.15, -0.1) is 11.3 Å². The van der Waals surface area contributed by atoms with E-state index in [9.17, 15) is 13.2 Å². The average molecular weight is 372 g/mol. The van der Waals surface area contributed by atoms with E-state index in [-0.39, 0.29) is 16.2 Å². The number of nitrogens with zero attached hydrogens (tertiary/aromatic N) is 2. The molecule has 3 heterocycles. The van der Waals surface area contributed by atoms with E-state index in [0.717, 1.165) is 37.3 Å². The van der Waals surface area contributed by atoms with E-state index in [2.05, 4.69) is 12.2 Å². The number of nitrogens with one attached hydrogen (secondary N) is 1. The minimum Gasteiger partial charge on any atom is -0.333 e. The second kappa shape index (κ2) is 7.11. The van der Waals surface area contributed by atoms with E-state index in [1.165, 1.54) is 0 Å². The first-order chi connectivity index (χ1) is 11.4. The lowest BCUT2D eigenvalue weighted by Crippen LogP contribution is -2.52. The summed E-state index contributed by atoms with van der Waals surface area (Å²) in [6.45, 7) is 7.50. The first-order valence-corrected chi connectivity index (χ1v) is 10.8. The fourth-order valence-corrected chi connectivity index (χ4v) is 6.10. The number of hydrogen-bond donors (Lipinski definition) is 1. The zero-order valence-electron chi connectivity index (χ0n) is 14.2. The Labute approximate surface area is 147 Å². The number of hydrogen-bond acceptors (Lipinski definition) is 5. The summed E-state index contributed by atoms with van der Waals surface area (Å²) in [5.74, 6) is 0.508. The maximum Gasteiger partial charge on any atom is 0.264 e. The third-order valence-corrected chi connectivity index (χ3v) is 8.33. The Morgan fingerprint density at radius 2 is 1.92 bits per heavy atom. The number of piperidine rings is 1. The van der Waals surface area contributed by atoms with E-state index in [4.69, 9.17) is 0 Å². The molecule has 134 valence electrons. The molecule has 0 saturated carbocycles. The zero-order valence-corrected chi connectivity index (χ0v) is 15.8. The molecule has 0 bridgehead atoms. The molecule has 0 aliphatic carbocycles. The molecule has 2 saturated heterocycles. The second-order valence-electron chi connectivity index (χ2n) is 6.76. The van der Waals surface area contributed by atoms with Gasteiger partial charge in [-0.3, -0.25) is 4.79 Å². The second-order valence-corrected chi connectivity index (χ2v) is 10.0. The molecular formula is C16H25N3O3S2. The van der Waals surface area contributed by atoms with Gasteiger partial charge in [-0.2, -0.15) is 4.31 Å². The van der Waals surface area contributed by atoms with Crippen molar-refractivity contribution in [2.75, 3.05) is 32.7 Å². The van der Waals surface area contributed by atoms with Gasteiger partial charge in [0.1, 0.15) is 4.21 Å². The Morgan fingerprint density at radius 1 is 1.21 bits per heavy atom. The van der Waals surface area contributed by atoms with Gasteiger partial charge < -0.3 is 10.2 Å². The van der Waals surface area contributed by atoms with Crippen LogP contribution in [-0.2, 0) is 10.0 Å². The fraction of sp³-hybridized carbons (Fsp3) is 0.688. The molecule has 1 N–H and O–H groups in total. The minimum absolute atomic E-state index is 0.0669. The molecule has 24 heavy (non-hydrogen) atoms. The van der Waals surface area contributed by atoms with Gasteiger partial charge in [0.25, 0.3) is 15.9 Å². The average Bonchev–Trinajstić information content (AvgIpc) is 3.06. The van der Waals surface area contributed by atoms with Crippen molar-refractivity contribution < 1.29 is 13.2 Å². The lowest BCUT2D eigenvalue weighted by atomic mass is 10.0. The normalized spacial score (nSPS) is 24.2. The molecule has 3 rings (SSSR count). The summed E-state index contributed by atoms with van der Waals surface area (Å²) < 4.78 is 27.4. The largest absolute Gasteiger partial charge is 0.333 e. The number of amides is 1. The highest BCUT2D eigenvalue weighted by molar-refractivity contribution is 7.91. The summed E-state index contributed by atoms with van der Waals surface area (Å²) in [5.41, 5.74) is 0. The maximum atomic E-state index is 12.8. The molecule has 1 amide bonds. The predicted octanol–water partition coefficient (Wildman–Crippen LogP) is 1.60. The Morgan fingerprint density at radius 3 is 2.58 bits per heavy atom. The van der Waals surface area contributed by atoms with Crippen LogP contribution in [0, 0.1) is 5.92 Å². The van der Waals surface area contributed by atoms with Crippen LogP contribution in [0.5, 0.6) is 0 Å². The Kier molecular flexibility index (Phi) is 5.29. The fourth-order valence-electron chi connectivity index (χ4n) is 3.21. The maximum absolute atomic E-state index is 12.8. The van der Waals surface area contributed by atoms with Crippen molar-refractivity contribution >= 4 is 27.3 Å². The van der Waals surface area contributed by atoms with Gasteiger partial charge in [-0.1, -0.05) is 6.92 Å². The zero-order chi connectivity index (χ0) is 17.3.